The van der Waals surface area contributed by atoms with E-state index in [0.29, 0.717) is 0 Å². The summed E-state index contributed by atoms with van der Waals surface area (Å²) in [6.07, 6.45) is 1.74. The molecule has 40 heavy (non-hydrogen) atoms. The molecule has 0 spiro atoms. The van der Waals surface area contributed by atoms with E-state index in [1.165, 1.54) is 70.9 Å². The van der Waals surface area contributed by atoms with Crippen molar-refractivity contribution in [3.05, 3.63) is 140 Å². The molecule has 0 bridgehead atoms. The minimum absolute atomic E-state index is 0.902. The van der Waals surface area contributed by atoms with Crippen molar-refractivity contribution in [3.8, 4) is 28.1 Å². The monoisotopic (exact) mass is 509 g/mol. The van der Waals surface area contributed by atoms with Gasteiger partial charge in [-0.05, 0) is 85.9 Å². The van der Waals surface area contributed by atoms with Gasteiger partial charge in [0.1, 0.15) is 5.76 Å². The molecule has 9 aromatic rings. The molecule has 0 amide bonds. The SMILES string of the molecule is c1coc(-c2ccc3ccc4c(-c5ccc(-n6c7ccccc7c7ccccc76)cc5)ccc5ccc2c3c54)c1. The van der Waals surface area contributed by atoms with Gasteiger partial charge in [0.25, 0.3) is 0 Å². The van der Waals surface area contributed by atoms with Gasteiger partial charge in [0, 0.05) is 22.0 Å². The van der Waals surface area contributed by atoms with E-state index >= 15 is 0 Å². The zero-order valence-corrected chi connectivity index (χ0v) is 21.6. The highest BCUT2D eigenvalue weighted by Crippen LogP contribution is 2.42. The molecule has 0 saturated carbocycles. The Balaban J connectivity index is 1.24. The molecule has 2 nitrogen and oxygen atoms in total. The van der Waals surface area contributed by atoms with Crippen molar-refractivity contribution >= 4 is 54.1 Å². The minimum Gasteiger partial charge on any atom is -0.464 e. The second-order valence-electron chi connectivity index (χ2n) is 10.5. The zero-order valence-electron chi connectivity index (χ0n) is 21.6. The smallest absolute Gasteiger partial charge is 0.134 e. The molecule has 0 unspecified atom stereocenters. The second kappa shape index (κ2) is 8.08. The maximum absolute atomic E-state index is 5.80. The molecule has 2 heterocycles. The maximum Gasteiger partial charge on any atom is 0.134 e. The van der Waals surface area contributed by atoms with Crippen LogP contribution in [0.25, 0.3) is 82.3 Å². The summed E-state index contributed by atoms with van der Waals surface area (Å²) in [5, 5.41) is 10.2. The van der Waals surface area contributed by atoms with Gasteiger partial charge in [0.15, 0.2) is 0 Å². The molecule has 0 aliphatic heterocycles. The highest BCUT2D eigenvalue weighted by atomic mass is 16.3. The molecule has 0 aliphatic rings. The molecule has 2 heteroatoms. The van der Waals surface area contributed by atoms with Crippen molar-refractivity contribution in [2.45, 2.75) is 0 Å². The van der Waals surface area contributed by atoms with E-state index < -0.39 is 0 Å². The van der Waals surface area contributed by atoms with E-state index in [2.05, 4.69) is 126 Å². The Morgan fingerprint density at radius 1 is 0.425 bits per heavy atom. The van der Waals surface area contributed by atoms with Crippen LogP contribution in [0.1, 0.15) is 0 Å². The molecule has 0 atom stereocenters. The third-order valence-electron chi connectivity index (χ3n) is 8.47. The van der Waals surface area contributed by atoms with E-state index in [9.17, 15) is 0 Å². The Morgan fingerprint density at radius 3 is 1.62 bits per heavy atom. The van der Waals surface area contributed by atoms with E-state index in [1.54, 1.807) is 6.26 Å². The van der Waals surface area contributed by atoms with Gasteiger partial charge in [-0.1, -0.05) is 91.0 Å². The standard InChI is InChI=1S/C38H23NO/c1-3-8-34-29(6-1)30-7-2-4-9-35(30)39(34)27-17-11-24(12-18-27)28-19-13-25-16-22-33-31(36-10-5-23-40-36)20-14-26-15-21-32(28)37(25)38(26)33/h1-23H. The second-order valence-corrected chi connectivity index (χ2v) is 10.5. The number of nitrogens with zero attached hydrogens (tertiary/aromatic N) is 1. The quantitative estimate of drug-likeness (QED) is 0.217. The Kier molecular flexibility index (Phi) is 4.36. The van der Waals surface area contributed by atoms with E-state index in [1.807, 2.05) is 12.1 Å². The summed E-state index contributed by atoms with van der Waals surface area (Å²) in [6, 6.07) is 48.3. The van der Waals surface area contributed by atoms with Crippen LogP contribution in [0.3, 0.4) is 0 Å². The van der Waals surface area contributed by atoms with Gasteiger partial charge >= 0.3 is 0 Å². The molecule has 0 radical (unpaired) electrons. The molecular formula is C38H23NO. The first-order chi connectivity index (χ1) is 19.8. The van der Waals surface area contributed by atoms with E-state index in [4.69, 9.17) is 4.42 Å². The lowest BCUT2D eigenvalue weighted by Gasteiger charge is -2.16. The maximum atomic E-state index is 5.80. The lowest BCUT2D eigenvalue weighted by molar-refractivity contribution is 0.583. The Labute approximate surface area is 230 Å². The van der Waals surface area contributed by atoms with Crippen LogP contribution in [-0.2, 0) is 0 Å². The highest BCUT2D eigenvalue weighted by molar-refractivity contribution is 6.27. The minimum atomic E-state index is 0.902. The first kappa shape index (κ1) is 21.6. The molecule has 0 fully saturated rings. The van der Waals surface area contributed by atoms with Gasteiger partial charge in [-0.3, -0.25) is 0 Å². The van der Waals surface area contributed by atoms with Crippen LogP contribution < -0.4 is 0 Å². The third kappa shape index (κ3) is 2.93. The van der Waals surface area contributed by atoms with E-state index in [0.717, 1.165) is 11.3 Å². The van der Waals surface area contributed by atoms with Crippen molar-refractivity contribution in [1.82, 2.24) is 4.57 Å². The van der Waals surface area contributed by atoms with Gasteiger partial charge in [-0.2, -0.15) is 0 Å². The fraction of sp³-hybridized carbons (Fsp3) is 0. The van der Waals surface area contributed by atoms with Crippen molar-refractivity contribution < 1.29 is 4.42 Å². The van der Waals surface area contributed by atoms with Crippen molar-refractivity contribution in [3.63, 3.8) is 0 Å². The summed E-state index contributed by atoms with van der Waals surface area (Å²) in [6.45, 7) is 0. The first-order valence-electron chi connectivity index (χ1n) is 13.7. The summed E-state index contributed by atoms with van der Waals surface area (Å²) < 4.78 is 8.17. The van der Waals surface area contributed by atoms with Crippen LogP contribution in [0.5, 0.6) is 0 Å². The van der Waals surface area contributed by atoms with Crippen LogP contribution in [0, 0.1) is 0 Å². The Bertz CT molecular complexity index is 2300. The van der Waals surface area contributed by atoms with Crippen LogP contribution in [0.2, 0.25) is 0 Å². The largest absolute Gasteiger partial charge is 0.464 e. The van der Waals surface area contributed by atoms with Gasteiger partial charge in [-0.25, -0.2) is 0 Å². The number of hydrogen-bond donors (Lipinski definition) is 0. The van der Waals surface area contributed by atoms with Crippen molar-refractivity contribution in [2.24, 2.45) is 0 Å². The molecule has 0 aliphatic carbocycles. The number of aromatic nitrogens is 1. The van der Waals surface area contributed by atoms with E-state index in [-0.39, 0.29) is 0 Å². The molecule has 2 aromatic heterocycles. The van der Waals surface area contributed by atoms with Crippen LogP contribution in [0.15, 0.2) is 144 Å². The number of rotatable bonds is 3. The topological polar surface area (TPSA) is 18.1 Å². The van der Waals surface area contributed by atoms with Crippen LogP contribution in [0.4, 0.5) is 0 Å². The average molecular weight is 510 g/mol. The predicted octanol–water partition coefficient (Wildman–Crippen LogP) is 10.6. The summed E-state index contributed by atoms with van der Waals surface area (Å²) in [5.74, 6) is 0.902. The molecular weight excluding hydrogens is 486 g/mol. The van der Waals surface area contributed by atoms with Crippen LogP contribution in [-0.4, -0.2) is 4.57 Å². The fourth-order valence-electron chi connectivity index (χ4n) is 6.69. The number of furan rings is 1. The zero-order chi connectivity index (χ0) is 26.2. The Morgan fingerprint density at radius 2 is 1.00 bits per heavy atom. The first-order valence-corrected chi connectivity index (χ1v) is 13.7. The van der Waals surface area contributed by atoms with Crippen LogP contribution >= 0.6 is 0 Å². The molecule has 9 rings (SSSR count). The number of benzene rings is 7. The molecule has 0 saturated heterocycles. The third-order valence-corrected chi connectivity index (χ3v) is 8.47. The number of para-hydroxylation sites is 2. The fourth-order valence-corrected chi connectivity index (χ4v) is 6.69. The summed E-state index contributed by atoms with van der Waals surface area (Å²) >= 11 is 0. The average Bonchev–Trinajstić information content (AvgIpc) is 3.67. The van der Waals surface area contributed by atoms with Gasteiger partial charge < -0.3 is 8.98 Å². The molecule has 7 aromatic carbocycles. The predicted molar refractivity (Wildman–Crippen MR) is 168 cm³/mol. The molecule has 0 N–H and O–H groups in total. The Hall–Kier alpha value is -5.34. The number of hydrogen-bond acceptors (Lipinski definition) is 1. The summed E-state index contributed by atoms with van der Waals surface area (Å²) in [4.78, 5) is 0. The molecule has 186 valence electrons. The summed E-state index contributed by atoms with van der Waals surface area (Å²) in [5.41, 5.74) is 7.22. The number of fused-ring (bicyclic) bond motifs is 3. The lowest BCUT2D eigenvalue weighted by atomic mass is 9.88. The van der Waals surface area contributed by atoms with Gasteiger partial charge in [0.05, 0.1) is 17.3 Å². The lowest BCUT2D eigenvalue weighted by Crippen LogP contribution is -1.94. The van der Waals surface area contributed by atoms with Crippen molar-refractivity contribution in [2.75, 3.05) is 0 Å². The van der Waals surface area contributed by atoms with Crippen molar-refractivity contribution in [1.29, 1.82) is 0 Å². The highest BCUT2D eigenvalue weighted by Gasteiger charge is 2.16. The van der Waals surface area contributed by atoms with Gasteiger partial charge in [-0.15, -0.1) is 0 Å². The van der Waals surface area contributed by atoms with Gasteiger partial charge in [0.2, 0.25) is 0 Å². The normalized spacial score (nSPS) is 12.0. The summed E-state index contributed by atoms with van der Waals surface area (Å²) in [7, 11) is 0.